The second-order valence-electron chi connectivity index (χ2n) is 5.22. The van der Waals surface area contributed by atoms with Crippen molar-refractivity contribution < 1.29 is 14.0 Å². The molecule has 112 valence electrons. The van der Waals surface area contributed by atoms with E-state index in [4.69, 9.17) is 0 Å². The molecule has 0 saturated carbocycles. The Bertz CT molecular complexity index is 686. The van der Waals surface area contributed by atoms with Crippen LogP contribution in [0.2, 0.25) is 0 Å². The molecule has 2 amide bonds. The SMILES string of the molecule is O=C(NC1CC(=O)N(c2ccc(F)cc2)C1)c1ccccc1. The predicted molar refractivity (Wildman–Crippen MR) is 81.1 cm³/mol. The molecule has 5 heteroatoms. The fourth-order valence-corrected chi connectivity index (χ4v) is 2.53. The van der Waals surface area contributed by atoms with Crippen LogP contribution in [0.25, 0.3) is 0 Å². The lowest BCUT2D eigenvalue weighted by Crippen LogP contribution is -2.37. The van der Waals surface area contributed by atoms with Gasteiger partial charge < -0.3 is 10.2 Å². The zero-order valence-electron chi connectivity index (χ0n) is 11.8. The number of halogens is 1. The van der Waals surface area contributed by atoms with E-state index >= 15 is 0 Å². The van der Waals surface area contributed by atoms with Gasteiger partial charge in [0.1, 0.15) is 5.82 Å². The highest BCUT2D eigenvalue weighted by molar-refractivity contribution is 5.98. The highest BCUT2D eigenvalue weighted by atomic mass is 19.1. The van der Waals surface area contributed by atoms with Gasteiger partial charge in [0.25, 0.3) is 5.91 Å². The van der Waals surface area contributed by atoms with Gasteiger partial charge in [-0.15, -0.1) is 0 Å². The third kappa shape index (κ3) is 2.98. The lowest BCUT2D eigenvalue weighted by atomic mass is 10.2. The number of hydrogen-bond acceptors (Lipinski definition) is 2. The Kier molecular flexibility index (Phi) is 3.87. The quantitative estimate of drug-likeness (QED) is 0.945. The Balaban J connectivity index is 1.67. The predicted octanol–water partition coefficient (Wildman–Crippen LogP) is 2.36. The highest BCUT2D eigenvalue weighted by Gasteiger charge is 2.31. The number of anilines is 1. The first-order valence-electron chi connectivity index (χ1n) is 7.05. The van der Waals surface area contributed by atoms with Gasteiger partial charge in [-0.3, -0.25) is 9.59 Å². The minimum Gasteiger partial charge on any atom is -0.347 e. The molecule has 0 bridgehead atoms. The number of hydrogen-bond donors (Lipinski definition) is 1. The summed E-state index contributed by atoms with van der Waals surface area (Å²) in [5.74, 6) is -0.617. The van der Waals surface area contributed by atoms with E-state index in [2.05, 4.69) is 5.32 Å². The molecule has 3 rings (SSSR count). The first kappa shape index (κ1) is 14.3. The Hall–Kier alpha value is -2.69. The average Bonchev–Trinajstić information content (AvgIpc) is 2.89. The highest BCUT2D eigenvalue weighted by Crippen LogP contribution is 2.22. The minimum absolute atomic E-state index is 0.0787. The molecule has 1 N–H and O–H groups in total. The first-order chi connectivity index (χ1) is 10.6. The van der Waals surface area contributed by atoms with Gasteiger partial charge in [-0.2, -0.15) is 0 Å². The van der Waals surface area contributed by atoms with E-state index in [1.54, 1.807) is 41.3 Å². The third-order valence-electron chi connectivity index (χ3n) is 3.63. The van der Waals surface area contributed by atoms with Crippen molar-refractivity contribution in [2.24, 2.45) is 0 Å². The summed E-state index contributed by atoms with van der Waals surface area (Å²) in [4.78, 5) is 25.7. The average molecular weight is 298 g/mol. The largest absolute Gasteiger partial charge is 0.347 e. The van der Waals surface area contributed by atoms with Crippen LogP contribution < -0.4 is 10.2 Å². The molecule has 1 unspecified atom stereocenters. The third-order valence-corrected chi connectivity index (χ3v) is 3.63. The molecule has 1 saturated heterocycles. The number of benzene rings is 2. The molecule has 1 aliphatic rings. The van der Waals surface area contributed by atoms with Crippen molar-refractivity contribution in [1.82, 2.24) is 5.32 Å². The zero-order chi connectivity index (χ0) is 15.5. The normalized spacial score (nSPS) is 17.6. The van der Waals surface area contributed by atoms with Crippen LogP contribution in [0.4, 0.5) is 10.1 Å². The van der Waals surface area contributed by atoms with E-state index in [-0.39, 0.29) is 30.1 Å². The summed E-state index contributed by atoms with van der Waals surface area (Å²) >= 11 is 0. The number of nitrogens with zero attached hydrogens (tertiary/aromatic N) is 1. The van der Waals surface area contributed by atoms with Crippen LogP contribution in [0.3, 0.4) is 0 Å². The number of nitrogens with one attached hydrogen (secondary N) is 1. The first-order valence-corrected chi connectivity index (χ1v) is 7.05. The lowest BCUT2D eigenvalue weighted by molar-refractivity contribution is -0.117. The molecule has 0 spiro atoms. The maximum absolute atomic E-state index is 12.9. The molecule has 1 atom stereocenters. The number of rotatable bonds is 3. The summed E-state index contributed by atoms with van der Waals surface area (Å²) in [6.45, 7) is 0.392. The van der Waals surface area contributed by atoms with Crippen LogP contribution in [0, 0.1) is 5.82 Å². The molecule has 2 aromatic rings. The molecule has 4 nitrogen and oxygen atoms in total. The zero-order valence-corrected chi connectivity index (χ0v) is 11.8. The van der Waals surface area contributed by atoms with E-state index < -0.39 is 0 Å². The van der Waals surface area contributed by atoms with Crippen molar-refractivity contribution in [3.8, 4) is 0 Å². The Morgan fingerprint density at radius 2 is 1.77 bits per heavy atom. The van der Waals surface area contributed by atoms with Crippen LogP contribution in [0.1, 0.15) is 16.8 Å². The van der Waals surface area contributed by atoms with Crippen LogP contribution in [0.5, 0.6) is 0 Å². The van der Waals surface area contributed by atoms with Gasteiger partial charge in [-0.25, -0.2) is 4.39 Å². The molecule has 0 radical (unpaired) electrons. The molecule has 2 aromatic carbocycles. The van der Waals surface area contributed by atoms with Gasteiger partial charge in [0.05, 0.1) is 6.04 Å². The summed E-state index contributed by atoms with van der Waals surface area (Å²) in [6, 6.07) is 14.4. The second-order valence-corrected chi connectivity index (χ2v) is 5.22. The van der Waals surface area contributed by atoms with E-state index in [0.717, 1.165) is 0 Å². The molecule has 0 aromatic heterocycles. The van der Waals surface area contributed by atoms with E-state index in [0.29, 0.717) is 17.8 Å². The lowest BCUT2D eigenvalue weighted by Gasteiger charge is -2.17. The minimum atomic E-state index is -0.343. The fraction of sp³-hybridized carbons (Fsp3) is 0.176. The Morgan fingerprint density at radius 1 is 1.09 bits per heavy atom. The number of amides is 2. The smallest absolute Gasteiger partial charge is 0.251 e. The van der Waals surface area contributed by atoms with Gasteiger partial charge in [0.15, 0.2) is 0 Å². The van der Waals surface area contributed by atoms with Crippen molar-refractivity contribution in [2.75, 3.05) is 11.4 Å². The monoisotopic (exact) mass is 298 g/mol. The Labute approximate surface area is 127 Å². The number of carbonyl (C=O) groups is 2. The van der Waals surface area contributed by atoms with Crippen LogP contribution in [-0.2, 0) is 4.79 Å². The van der Waals surface area contributed by atoms with Gasteiger partial charge in [0.2, 0.25) is 5.91 Å². The summed E-state index contributed by atoms with van der Waals surface area (Å²) in [5.41, 5.74) is 1.21. The maximum Gasteiger partial charge on any atom is 0.251 e. The molecule has 1 heterocycles. The second kappa shape index (κ2) is 5.97. The van der Waals surface area contributed by atoms with Crippen LogP contribution in [0.15, 0.2) is 54.6 Å². The molecule has 0 aliphatic carbocycles. The van der Waals surface area contributed by atoms with Gasteiger partial charge in [-0.05, 0) is 36.4 Å². The summed E-state index contributed by atoms with van der Waals surface area (Å²) in [6.07, 6.45) is 0.246. The van der Waals surface area contributed by atoms with E-state index in [1.807, 2.05) is 6.07 Å². The summed E-state index contributed by atoms with van der Waals surface area (Å²) in [7, 11) is 0. The van der Waals surface area contributed by atoms with E-state index in [1.165, 1.54) is 12.1 Å². The van der Waals surface area contributed by atoms with Crippen molar-refractivity contribution in [2.45, 2.75) is 12.5 Å². The number of carbonyl (C=O) groups excluding carboxylic acids is 2. The summed E-state index contributed by atoms with van der Waals surface area (Å²) < 4.78 is 12.9. The van der Waals surface area contributed by atoms with Crippen molar-refractivity contribution >= 4 is 17.5 Å². The molecule has 1 aliphatic heterocycles. The van der Waals surface area contributed by atoms with Gasteiger partial charge in [-0.1, -0.05) is 18.2 Å². The molecule has 22 heavy (non-hydrogen) atoms. The Morgan fingerprint density at radius 3 is 2.45 bits per heavy atom. The van der Waals surface area contributed by atoms with Gasteiger partial charge in [0, 0.05) is 24.2 Å². The summed E-state index contributed by atoms with van der Waals surface area (Å²) in [5, 5.41) is 2.86. The van der Waals surface area contributed by atoms with Crippen molar-refractivity contribution in [1.29, 1.82) is 0 Å². The van der Waals surface area contributed by atoms with Gasteiger partial charge >= 0.3 is 0 Å². The van der Waals surface area contributed by atoms with E-state index in [9.17, 15) is 14.0 Å². The molecular formula is C17H15FN2O2. The van der Waals surface area contributed by atoms with Crippen molar-refractivity contribution in [3.63, 3.8) is 0 Å². The molecule has 1 fully saturated rings. The van der Waals surface area contributed by atoms with Crippen LogP contribution in [-0.4, -0.2) is 24.4 Å². The maximum atomic E-state index is 12.9. The van der Waals surface area contributed by atoms with Crippen LogP contribution >= 0.6 is 0 Å². The standard InChI is InChI=1S/C17H15FN2O2/c18-13-6-8-15(9-7-13)20-11-14(10-16(20)21)19-17(22)12-4-2-1-3-5-12/h1-9,14H,10-11H2,(H,19,22). The fourth-order valence-electron chi connectivity index (χ4n) is 2.53. The topological polar surface area (TPSA) is 49.4 Å². The van der Waals surface area contributed by atoms with Crippen molar-refractivity contribution in [3.05, 3.63) is 66.0 Å². The molecular weight excluding hydrogens is 283 g/mol.